The second kappa shape index (κ2) is 8.77. The van der Waals surface area contributed by atoms with Crippen LogP contribution in [0.3, 0.4) is 0 Å². The van der Waals surface area contributed by atoms with Crippen molar-refractivity contribution >= 4 is 20.0 Å². The van der Waals surface area contributed by atoms with Crippen molar-refractivity contribution in [2.45, 2.75) is 11.0 Å². The second-order valence-electron chi connectivity index (χ2n) is 4.54. The van der Waals surface area contributed by atoms with Crippen LogP contribution < -0.4 is 4.13 Å². The first-order chi connectivity index (χ1) is 11.6. The molecule has 15 heteroatoms. The molecule has 1 rings (SSSR count). The Morgan fingerprint density at radius 1 is 0.846 bits per heavy atom. The predicted octanol–water partition coefficient (Wildman–Crippen LogP) is 1.68. The Balaban J connectivity index is 0.000000502. The first kappa shape index (κ1) is 24.3. The monoisotopic (exact) mass is 431 g/mol. The maximum Gasteiger partial charge on any atom is 0.512 e. The zero-order valence-corrected chi connectivity index (χ0v) is 14.6. The highest BCUT2D eigenvalue weighted by atomic mass is 32.3. The third-order valence-corrected chi connectivity index (χ3v) is 5.38. The summed E-state index contributed by atoms with van der Waals surface area (Å²) < 4.78 is 108. The van der Waals surface area contributed by atoms with E-state index in [9.17, 15) is 43.2 Å². The van der Waals surface area contributed by atoms with E-state index in [-0.39, 0.29) is 0 Å². The van der Waals surface area contributed by atoms with Gasteiger partial charge in [-0.3, -0.25) is 0 Å². The lowest BCUT2D eigenvalue weighted by Crippen LogP contribution is -2.45. The minimum absolute atomic E-state index is 0.493. The van der Waals surface area contributed by atoms with Crippen LogP contribution in [-0.4, -0.2) is 57.4 Å². The number of hydrogen-bond donors (Lipinski definition) is 1. The summed E-state index contributed by atoms with van der Waals surface area (Å²) in [6.45, 7) is 10.2. The topological polar surface area (TPSA) is 86.8 Å². The zero-order valence-electron chi connectivity index (χ0n) is 13.0. The number of halogens is 6. The predicted molar refractivity (Wildman–Crippen MR) is 80.9 cm³/mol. The molecule has 0 spiro atoms. The van der Waals surface area contributed by atoms with Crippen LogP contribution in [0.2, 0.25) is 0 Å². The van der Waals surface area contributed by atoms with Crippen LogP contribution in [-0.2, 0) is 20.0 Å². The molecule has 0 saturated carbocycles. The summed E-state index contributed by atoms with van der Waals surface area (Å²) in [6, 6.07) is 0. The van der Waals surface area contributed by atoms with E-state index >= 15 is 0 Å². The molecule has 0 atom stereocenters. The van der Waals surface area contributed by atoms with Crippen LogP contribution in [0.5, 0.6) is 0 Å². The SMILES string of the molecule is C=CCN1C=CN(CC=C)C1.O=S(=O)(NS(=O)(=O)C(F)(F)F)C(F)(F)F. The molecular formula is C11H15F6N3O4S2. The Morgan fingerprint density at radius 3 is 1.38 bits per heavy atom. The highest BCUT2D eigenvalue weighted by molar-refractivity contribution is 8.05. The minimum Gasteiger partial charge on any atom is -0.355 e. The van der Waals surface area contributed by atoms with Gasteiger partial charge in [0.1, 0.15) is 0 Å². The molecule has 1 heterocycles. The van der Waals surface area contributed by atoms with E-state index in [2.05, 4.69) is 35.4 Å². The van der Waals surface area contributed by atoms with E-state index in [4.69, 9.17) is 0 Å². The van der Waals surface area contributed by atoms with Crippen LogP contribution in [0.25, 0.3) is 0 Å². The van der Waals surface area contributed by atoms with E-state index in [1.165, 1.54) is 0 Å². The van der Waals surface area contributed by atoms with Crippen molar-refractivity contribution in [3.63, 3.8) is 0 Å². The van der Waals surface area contributed by atoms with Gasteiger partial charge in [-0.25, -0.2) is 16.8 Å². The van der Waals surface area contributed by atoms with Gasteiger partial charge in [-0.2, -0.15) is 26.3 Å². The molecule has 0 aromatic heterocycles. The molecule has 0 bridgehead atoms. The fourth-order valence-corrected chi connectivity index (χ4v) is 3.24. The molecular weight excluding hydrogens is 416 g/mol. The smallest absolute Gasteiger partial charge is 0.355 e. The van der Waals surface area contributed by atoms with Gasteiger partial charge < -0.3 is 9.80 Å². The summed E-state index contributed by atoms with van der Waals surface area (Å²) in [5.41, 5.74) is -12.3. The number of rotatable bonds is 6. The van der Waals surface area contributed by atoms with E-state index in [1.54, 1.807) is 0 Å². The fraction of sp³-hybridized carbons (Fsp3) is 0.455. The van der Waals surface area contributed by atoms with E-state index in [0.29, 0.717) is 0 Å². The average molecular weight is 431 g/mol. The summed E-state index contributed by atoms with van der Waals surface area (Å²) in [5.74, 6) is 0. The van der Waals surface area contributed by atoms with Crippen molar-refractivity contribution in [1.29, 1.82) is 0 Å². The van der Waals surface area contributed by atoms with Crippen LogP contribution in [0.15, 0.2) is 37.7 Å². The molecule has 1 aliphatic rings. The third kappa shape index (κ3) is 7.25. The van der Waals surface area contributed by atoms with Gasteiger partial charge in [0, 0.05) is 25.5 Å². The molecule has 0 radical (unpaired) electrons. The van der Waals surface area contributed by atoms with E-state index < -0.39 is 35.2 Å². The number of nitrogens with one attached hydrogen (secondary N) is 1. The normalized spacial score (nSPS) is 15.5. The Morgan fingerprint density at radius 2 is 1.15 bits per heavy atom. The van der Waals surface area contributed by atoms with Crippen molar-refractivity contribution < 1.29 is 43.2 Å². The molecule has 0 unspecified atom stereocenters. The summed E-state index contributed by atoms with van der Waals surface area (Å²) in [4.78, 5) is 4.38. The Kier molecular flexibility index (Phi) is 8.18. The Hall–Kier alpha value is -1.74. The number of alkyl halides is 6. The Bertz CT molecular complexity index is 668. The standard InChI is InChI=1S/C9H14N2.C2HF6NO4S2/c1-3-5-10-7-8-11(9-10)6-4-2;3-1(4,5)14(10,11)9-15(12,13)2(6,7)8/h3-4,7-8H,1-2,5-6,9H2;9H. The molecule has 0 saturated heterocycles. The summed E-state index contributed by atoms with van der Waals surface area (Å²) >= 11 is 0. The van der Waals surface area contributed by atoms with Crippen molar-refractivity contribution in [3.8, 4) is 0 Å². The lowest BCUT2D eigenvalue weighted by atomic mass is 10.5. The maximum atomic E-state index is 11.5. The molecule has 26 heavy (non-hydrogen) atoms. The van der Waals surface area contributed by atoms with Crippen LogP contribution in [0.1, 0.15) is 0 Å². The molecule has 0 aliphatic carbocycles. The Labute approximate surface area is 146 Å². The van der Waals surface area contributed by atoms with E-state index in [1.807, 2.05) is 12.2 Å². The first-order valence-electron chi connectivity index (χ1n) is 6.36. The van der Waals surface area contributed by atoms with Gasteiger partial charge in [0.2, 0.25) is 0 Å². The number of sulfonamides is 2. The van der Waals surface area contributed by atoms with E-state index in [0.717, 1.165) is 19.8 Å². The van der Waals surface area contributed by atoms with Crippen molar-refractivity contribution in [1.82, 2.24) is 13.9 Å². The van der Waals surface area contributed by atoms with Crippen molar-refractivity contribution in [3.05, 3.63) is 37.7 Å². The molecule has 0 aromatic rings. The highest BCUT2D eigenvalue weighted by Gasteiger charge is 2.55. The van der Waals surface area contributed by atoms with Gasteiger partial charge in [-0.15, -0.1) is 13.2 Å². The molecule has 7 nitrogen and oxygen atoms in total. The number of hydrogen-bond acceptors (Lipinski definition) is 6. The maximum absolute atomic E-state index is 11.5. The van der Waals surface area contributed by atoms with Gasteiger partial charge in [0.25, 0.3) is 0 Å². The lowest BCUT2D eigenvalue weighted by Gasteiger charge is -2.18. The quantitative estimate of drug-likeness (QED) is 0.509. The first-order valence-corrected chi connectivity index (χ1v) is 9.33. The lowest BCUT2D eigenvalue weighted by molar-refractivity contribution is -0.0476. The third-order valence-electron chi connectivity index (χ3n) is 2.41. The largest absolute Gasteiger partial charge is 0.512 e. The van der Waals surface area contributed by atoms with Crippen molar-refractivity contribution in [2.24, 2.45) is 0 Å². The van der Waals surface area contributed by atoms with Gasteiger partial charge in [-0.1, -0.05) is 16.3 Å². The summed E-state index contributed by atoms with van der Waals surface area (Å²) in [5, 5.41) is 0. The van der Waals surface area contributed by atoms with Crippen LogP contribution >= 0.6 is 0 Å². The molecule has 0 amide bonds. The minimum atomic E-state index is -6.60. The van der Waals surface area contributed by atoms with Crippen LogP contribution in [0.4, 0.5) is 26.3 Å². The van der Waals surface area contributed by atoms with Gasteiger partial charge in [0.05, 0.1) is 6.67 Å². The molecule has 1 N–H and O–H groups in total. The molecule has 152 valence electrons. The van der Waals surface area contributed by atoms with Gasteiger partial charge in [0.15, 0.2) is 0 Å². The number of nitrogens with zero attached hydrogens (tertiary/aromatic N) is 2. The molecule has 0 aromatic carbocycles. The van der Waals surface area contributed by atoms with Gasteiger partial charge in [-0.05, 0) is 0 Å². The summed E-state index contributed by atoms with van der Waals surface area (Å²) in [7, 11) is -13.2. The fourth-order valence-electron chi connectivity index (χ4n) is 1.32. The zero-order chi connectivity index (χ0) is 20.8. The summed E-state index contributed by atoms with van der Waals surface area (Å²) in [6.07, 6.45) is 7.96. The molecule has 0 fully saturated rings. The van der Waals surface area contributed by atoms with Crippen molar-refractivity contribution in [2.75, 3.05) is 19.8 Å². The van der Waals surface area contributed by atoms with Gasteiger partial charge >= 0.3 is 31.1 Å². The second-order valence-corrected chi connectivity index (χ2v) is 8.15. The average Bonchev–Trinajstić information content (AvgIpc) is 2.84. The highest BCUT2D eigenvalue weighted by Crippen LogP contribution is 2.27. The molecule has 1 aliphatic heterocycles. The van der Waals surface area contributed by atoms with Crippen LogP contribution in [0, 0.1) is 0 Å².